The maximum absolute atomic E-state index is 13.1. The lowest BCUT2D eigenvalue weighted by Crippen LogP contribution is -2.54. The molecule has 30 heavy (non-hydrogen) atoms. The van der Waals surface area contributed by atoms with E-state index in [9.17, 15) is 9.59 Å². The van der Waals surface area contributed by atoms with Gasteiger partial charge in [-0.1, -0.05) is 42.1 Å². The summed E-state index contributed by atoms with van der Waals surface area (Å²) in [4.78, 5) is 27.8. The zero-order chi connectivity index (χ0) is 21.1. The van der Waals surface area contributed by atoms with Crippen LogP contribution >= 0.6 is 24.0 Å². The second kappa shape index (κ2) is 8.56. The van der Waals surface area contributed by atoms with Gasteiger partial charge in [-0.3, -0.25) is 14.9 Å². The number of anilines is 1. The number of furan rings is 1. The van der Waals surface area contributed by atoms with Gasteiger partial charge in [-0.25, -0.2) is 4.90 Å². The highest BCUT2D eigenvalue weighted by molar-refractivity contribution is 7.99. The summed E-state index contributed by atoms with van der Waals surface area (Å²) >= 11 is 6.67. The predicted octanol–water partition coefficient (Wildman–Crippen LogP) is 4.27. The fourth-order valence-corrected chi connectivity index (χ4v) is 3.98. The van der Waals surface area contributed by atoms with E-state index in [-0.39, 0.29) is 10.7 Å². The summed E-state index contributed by atoms with van der Waals surface area (Å²) in [5, 5.41) is 3.19. The van der Waals surface area contributed by atoms with Gasteiger partial charge in [-0.15, -0.1) is 0 Å². The first-order valence-electron chi connectivity index (χ1n) is 8.94. The largest absolute Gasteiger partial charge is 0.495 e. The molecule has 1 aromatic heterocycles. The molecule has 0 unspecified atom stereocenters. The van der Waals surface area contributed by atoms with Crippen LogP contribution in [0.15, 0.2) is 86.7 Å². The van der Waals surface area contributed by atoms with Crippen LogP contribution in [-0.2, 0) is 9.59 Å². The van der Waals surface area contributed by atoms with Crippen LogP contribution in [0.3, 0.4) is 0 Å². The van der Waals surface area contributed by atoms with Gasteiger partial charge in [0.05, 0.1) is 12.8 Å². The maximum Gasteiger partial charge on any atom is 0.270 e. The number of amides is 2. The first kappa shape index (κ1) is 19.9. The summed E-state index contributed by atoms with van der Waals surface area (Å²) < 4.78 is 11.1. The molecule has 0 atom stereocenters. The van der Waals surface area contributed by atoms with Crippen LogP contribution in [0.1, 0.15) is 5.76 Å². The molecular weight excluding hydrogens is 420 g/mol. The van der Waals surface area contributed by atoms with Crippen molar-refractivity contribution in [2.75, 3.05) is 12.0 Å². The second-order valence-corrected chi connectivity index (χ2v) is 7.67. The van der Waals surface area contributed by atoms with Gasteiger partial charge < -0.3 is 9.15 Å². The zero-order valence-electron chi connectivity index (χ0n) is 15.8. The zero-order valence-corrected chi connectivity index (χ0v) is 17.5. The molecule has 0 saturated carbocycles. The number of carbonyl (C=O) groups is 2. The molecule has 150 valence electrons. The first-order valence-corrected chi connectivity index (χ1v) is 10.2. The van der Waals surface area contributed by atoms with Gasteiger partial charge in [0.25, 0.3) is 11.8 Å². The summed E-state index contributed by atoms with van der Waals surface area (Å²) in [5.41, 5.74) is 0.362. The molecule has 2 amide bonds. The van der Waals surface area contributed by atoms with E-state index in [0.717, 1.165) is 4.90 Å². The molecule has 0 radical (unpaired) electrons. The van der Waals surface area contributed by atoms with Gasteiger partial charge >= 0.3 is 0 Å². The molecule has 2 heterocycles. The Hall–Kier alpha value is -3.36. The molecule has 2 aromatic carbocycles. The summed E-state index contributed by atoms with van der Waals surface area (Å²) in [6, 6.07) is 20.2. The van der Waals surface area contributed by atoms with Crippen molar-refractivity contribution in [2.45, 2.75) is 9.99 Å². The van der Waals surface area contributed by atoms with E-state index in [1.807, 2.05) is 30.3 Å². The smallest absolute Gasteiger partial charge is 0.270 e. The number of nitrogens with one attached hydrogen (secondary N) is 1. The van der Waals surface area contributed by atoms with Crippen LogP contribution in [0, 0.1) is 0 Å². The number of carbonyl (C=O) groups excluding carboxylic acids is 2. The number of ether oxygens (including phenoxy) is 1. The minimum Gasteiger partial charge on any atom is -0.495 e. The van der Waals surface area contributed by atoms with Crippen LogP contribution in [0.4, 0.5) is 5.69 Å². The molecule has 0 spiro atoms. The van der Waals surface area contributed by atoms with Gasteiger partial charge in [0.2, 0.25) is 0 Å². The molecule has 0 bridgehead atoms. The van der Waals surface area contributed by atoms with Gasteiger partial charge in [0.1, 0.15) is 17.1 Å². The van der Waals surface area contributed by atoms with E-state index in [1.165, 1.54) is 29.8 Å². The number of nitrogens with zero attached hydrogens (tertiary/aromatic N) is 1. The highest BCUT2D eigenvalue weighted by Gasteiger charge is 2.36. The molecule has 1 aliphatic heterocycles. The fraction of sp³-hybridized carbons (Fsp3) is 0.0455. The molecule has 1 aliphatic rings. The Kier molecular flexibility index (Phi) is 5.69. The normalized spacial score (nSPS) is 15.4. The first-order chi connectivity index (χ1) is 14.6. The Bertz CT molecular complexity index is 1150. The molecule has 1 N–H and O–H groups in total. The highest BCUT2D eigenvalue weighted by Crippen LogP contribution is 2.32. The number of thiocarbonyl (C=S) groups is 1. The summed E-state index contributed by atoms with van der Waals surface area (Å²) in [6.45, 7) is 0. The third kappa shape index (κ3) is 4.00. The van der Waals surface area contributed by atoms with Crippen LogP contribution in [0.2, 0.25) is 0 Å². The van der Waals surface area contributed by atoms with Crippen molar-refractivity contribution in [2.24, 2.45) is 0 Å². The van der Waals surface area contributed by atoms with Crippen molar-refractivity contribution in [3.05, 3.63) is 78.1 Å². The van der Waals surface area contributed by atoms with Crippen LogP contribution in [-0.4, -0.2) is 24.0 Å². The maximum atomic E-state index is 13.1. The Morgan fingerprint density at radius 2 is 1.77 bits per heavy atom. The van der Waals surface area contributed by atoms with Crippen molar-refractivity contribution in [3.8, 4) is 5.75 Å². The second-order valence-electron chi connectivity index (χ2n) is 6.20. The van der Waals surface area contributed by atoms with Gasteiger partial charge in [0, 0.05) is 4.90 Å². The Morgan fingerprint density at radius 3 is 2.53 bits per heavy atom. The Morgan fingerprint density at radius 1 is 1.03 bits per heavy atom. The van der Waals surface area contributed by atoms with E-state index < -0.39 is 11.8 Å². The van der Waals surface area contributed by atoms with Crippen LogP contribution in [0.5, 0.6) is 5.75 Å². The van der Waals surface area contributed by atoms with Crippen molar-refractivity contribution < 1.29 is 18.7 Å². The monoisotopic (exact) mass is 436 g/mol. The lowest BCUT2D eigenvalue weighted by atomic mass is 10.1. The summed E-state index contributed by atoms with van der Waals surface area (Å²) in [6.07, 6.45) is 1.41. The number of hydrogen-bond donors (Lipinski definition) is 1. The third-order valence-corrected chi connectivity index (χ3v) is 5.49. The van der Waals surface area contributed by atoms with Gasteiger partial charge in [-0.05, 0) is 54.7 Å². The molecule has 6 nitrogen and oxygen atoms in total. The quantitative estimate of drug-likeness (QED) is 0.366. The number of rotatable bonds is 5. The number of hydrogen-bond acceptors (Lipinski definition) is 6. The van der Waals surface area contributed by atoms with E-state index in [2.05, 4.69) is 5.32 Å². The number of benzene rings is 2. The lowest BCUT2D eigenvalue weighted by Gasteiger charge is -2.29. The van der Waals surface area contributed by atoms with Crippen LogP contribution in [0.25, 0.3) is 6.08 Å². The van der Waals surface area contributed by atoms with Crippen molar-refractivity contribution in [1.82, 2.24) is 5.32 Å². The average Bonchev–Trinajstić information content (AvgIpc) is 3.19. The molecule has 3 aromatic rings. The summed E-state index contributed by atoms with van der Waals surface area (Å²) in [5.74, 6) is -0.283. The molecule has 8 heteroatoms. The molecule has 0 aliphatic carbocycles. The van der Waals surface area contributed by atoms with Crippen molar-refractivity contribution in [3.63, 3.8) is 0 Å². The standard InChI is InChI=1S/C22H16N2O4S2/c1-27-18-10-6-5-9-17(18)24-21(26)16(20(25)23-22(24)29)13-14-11-12-19(28-14)30-15-7-3-2-4-8-15/h2-13H,1H3,(H,23,25,29). The Balaban J connectivity index is 1.63. The van der Waals surface area contributed by atoms with E-state index in [0.29, 0.717) is 22.3 Å². The number of para-hydroxylation sites is 2. The Labute approximate surface area is 182 Å². The van der Waals surface area contributed by atoms with E-state index in [1.54, 1.807) is 36.4 Å². The predicted molar refractivity (Wildman–Crippen MR) is 118 cm³/mol. The molecule has 1 fully saturated rings. The fourth-order valence-electron chi connectivity index (χ4n) is 2.90. The molecular formula is C22H16N2O4S2. The summed E-state index contributed by atoms with van der Waals surface area (Å²) in [7, 11) is 1.50. The van der Waals surface area contributed by atoms with Crippen molar-refractivity contribution in [1.29, 1.82) is 0 Å². The van der Waals surface area contributed by atoms with Gasteiger partial charge in [-0.2, -0.15) is 0 Å². The van der Waals surface area contributed by atoms with E-state index in [4.69, 9.17) is 21.4 Å². The van der Waals surface area contributed by atoms with E-state index >= 15 is 0 Å². The number of methoxy groups -OCH3 is 1. The average molecular weight is 437 g/mol. The minimum atomic E-state index is -0.579. The third-order valence-electron chi connectivity index (χ3n) is 4.28. The van der Waals surface area contributed by atoms with Crippen LogP contribution < -0.4 is 15.0 Å². The topological polar surface area (TPSA) is 71.8 Å². The van der Waals surface area contributed by atoms with Crippen molar-refractivity contribution >= 4 is 52.7 Å². The van der Waals surface area contributed by atoms with Gasteiger partial charge in [0.15, 0.2) is 10.2 Å². The highest BCUT2D eigenvalue weighted by atomic mass is 32.2. The minimum absolute atomic E-state index is 0.00795. The SMILES string of the molecule is COc1ccccc1N1C(=O)C(=Cc2ccc(Sc3ccccc3)o2)C(=O)NC1=S. The molecule has 1 saturated heterocycles. The lowest BCUT2D eigenvalue weighted by molar-refractivity contribution is -0.122. The molecule has 4 rings (SSSR count).